The standard InChI is InChI=1S/C6H14.C4H11N.C2H6O.CH4O/c1-3-5-6-4-2;1-3-5-4-2;1-2-3;1-2/h3-6H2,1-2H3;5H,3-4H2,1-2H3;3H,2H2,1H3;2H,1H3. The van der Waals surface area contributed by atoms with Crippen molar-refractivity contribution in [1.82, 2.24) is 5.32 Å². The molecule has 0 atom stereocenters. The maximum Gasteiger partial charge on any atom is 0.0402 e. The topological polar surface area (TPSA) is 52.5 Å². The molecule has 104 valence electrons. The van der Waals surface area contributed by atoms with E-state index < -0.39 is 0 Å². The zero-order valence-corrected chi connectivity index (χ0v) is 12.3. The molecule has 0 amide bonds. The molecule has 0 radical (unpaired) electrons. The molecule has 3 nitrogen and oxygen atoms in total. The van der Waals surface area contributed by atoms with Gasteiger partial charge in [-0.15, -0.1) is 0 Å². The van der Waals surface area contributed by atoms with Crippen molar-refractivity contribution < 1.29 is 10.2 Å². The second-order valence-electron chi connectivity index (χ2n) is 2.98. The highest BCUT2D eigenvalue weighted by molar-refractivity contribution is 4.31. The minimum absolute atomic E-state index is 0.250. The third-order valence-corrected chi connectivity index (χ3v) is 1.46. The molecule has 3 heteroatoms. The van der Waals surface area contributed by atoms with Gasteiger partial charge in [-0.2, -0.15) is 0 Å². The van der Waals surface area contributed by atoms with Crippen LogP contribution in [0.2, 0.25) is 0 Å². The van der Waals surface area contributed by atoms with Crippen LogP contribution in [0.3, 0.4) is 0 Å². The molecule has 0 saturated heterocycles. The Kier molecular flexibility index (Phi) is 71.9. The van der Waals surface area contributed by atoms with E-state index in [1.54, 1.807) is 6.92 Å². The van der Waals surface area contributed by atoms with E-state index in [2.05, 4.69) is 33.0 Å². The monoisotopic (exact) mass is 237 g/mol. The zero-order valence-electron chi connectivity index (χ0n) is 12.3. The SMILES string of the molecule is CCCCCC.CCNCC.CCO.CO. The summed E-state index contributed by atoms with van der Waals surface area (Å²) in [6.45, 7) is 12.8. The highest BCUT2D eigenvalue weighted by atomic mass is 16.2. The van der Waals surface area contributed by atoms with E-state index in [0.717, 1.165) is 20.2 Å². The van der Waals surface area contributed by atoms with E-state index in [4.69, 9.17) is 10.2 Å². The molecule has 0 heterocycles. The smallest absolute Gasteiger partial charge is 0.0402 e. The molecule has 0 bridgehead atoms. The molecule has 3 N–H and O–H groups in total. The number of aliphatic hydroxyl groups excluding tert-OH is 2. The van der Waals surface area contributed by atoms with Crippen molar-refractivity contribution in [2.24, 2.45) is 0 Å². The number of aliphatic hydroxyl groups is 2. The Hall–Kier alpha value is -0.120. The van der Waals surface area contributed by atoms with Crippen LogP contribution in [0.15, 0.2) is 0 Å². The third kappa shape index (κ3) is 96.7. The number of hydrogen-bond acceptors (Lipinski definition) is 3. The first-order valence-electron chi connectivity index (χ1n) is 6.51. The van der Waals surface area contributed by atoms with Gasteiger partial charge in [-0.1, -0.05) is 53.4 Å². The lowest BCUT2D eigenvalue weighted by Crippen LogP contribution is -2.09. The van der Waals surface area contributed by atoms with Crippen LogP contribution in [0.4, 0.5) is 0 Å². The number of rotatable bonds is 5. The number of hydrogen-bond donors (Lipinski definition) is 3. The van der Waals surface area contributed by atoms with Crippen LogP contribution in [0.1, 0.15) is 60.3 Å². The minimum Gasteiger partial charge on any atom is -0.400 e. The van der Waals surface area contributed by atoms with Crippen LogP contribution >= 0.6 is 0 Å². The fourth-order valence-corrected chi connectivity index (χ4v) is 0.750. The first kappa shape index (κ1) is 24.9. The van der Waals surface area contributed by atoms with Gasteiger partial charge in [-0.05, 0) is 20.0 Å². The number of nitrogens with one attached hydrogen (secondary N) is 1. The average Bonchev–Trinajstić information content (AvgIpc) is 2.32. The Morgan fingerprint density at radius 2 is 1.00 bits per heavy atom. The fourth-order valence-electron chi connectivity index (χ4n) is 0.750. The van der Waals surface area contributed by atoms with E-state index in [-0.39, 0.29) is 6.61 Å². The Bertz CT molecular complexity index is 55.9. The molecular formula is C13H35NO2. The molecule has 0 aliphatic rings. The minimum atomic E-state index is 0.250. The van der Waals surface area contributed by atoms with Crippen molar-refractivity contribution in [2.45, 2.75) is 60.3 Å². The van der Waals surface area contributed by atoms with E-state index in [0.29, 0.717) is 0 Å². The van der Waals surface area contributed by atoms with Gasteiger partial charge >= 0.3 is 0 Å². The molecule has 0 fully saturated rings. The van der Waals surface area contributed by atoms with E-state index in [9.17, 15) is 0 Å². The summed E-state index contributed by atoms with van der Waals surface area (Å²) in [4.78, 5) is 0. The summed E-state index contributed by atoms with van der Waals surface area (Å²) in [6.07, 6.45) is 5.54. The summed E-state index contributed by atoms with van der Waals surface area (Å²) in [7, 11) is 1.00. The quantitative estimate of drug-likeness (QED) is 0.645. The normalized spacial score (nSPS) is 7.50. The van der Waals surface area contributed by atoms with Crippen LogP contribution in [0.25, 0.3) is 0 Å². The lowest BCUT2D eigenvalue weighted by atomic mass is 10.2. The predicted molar refractivity (Wildman–Crippen MR) is 74.9 cm³/mol. The average molecular weight is 237 g/mol. The van der Waals surface area contributed by atoms with Crippen LogP contribution in [0, 0.1) is 0 Å². The summed E-state index contributed by atoms with van der Waals surface area (Å²) in [5.41, 5.74) is 0. The first-order chi connectivity index (χ1) is 7.74. The Morgan fingerprint density at radius 1 is 0.750 bits per heavy atom. The van der Waals surface area contributed by atoms with Gasteiger partial charge in [0, 0.05) is 13.7 Å². The Labute approximate surface area is 103 Å². The summed E-state index contributed by atoms with van der Waals surface area (Å²) >= 11 is 0. The van der Waals surface area contributed by atoms with Crippen LogP contribution in [-0.2, 0) is 0 Å². The van der Waals surface area contributed by atoms with Gasteiger partial charge in [-0.25, -0.2) is 0 Å². The maximum absolute atomic E-state index is 7.57. The van der Waals surface area contributed by atoms with Gasteiger partial charge in [-0.3, -0.25) is 0 Å². The van der Waals surface area contributed by atoms with E-state index >= 15 is 0 Å². The van der Waals surface area contributed by atoms with Gasteiger partial charge in [0.2, 0.25) is 0 Å². The molecule has 0 rings (SSSR count). The van der Waals surface area contributed by atoms with E-state index in [1.165, 1.54) is 25.7 Å². The zero-order chi connectivity index (χ0) is 13.7. The van der Waals surface area contributed by atoms with Gasteiger partial charge in [0.25, 0.3) is 0 Å². The largest absolute Gasteiger partial charge is 0.400 e. The molecule has 0 aliphatic carbocycles. The molecule has 0 saturated carbocycles. The molecule has 0 aliphatic heterocycles. The highest BCUT2D eigenvalue weighted by Crippen LogP contribution is 1.95. The van der Waals surface area contributed by atoms with Gasteiger partial charge < -0.3 is 15.5 Å². The molecule has 0 aromatic heterocycles. The van der Waals surface area contributed by atoms with Crippen molar-refractivity contribution in [3.8, 4) is 0 Å². The van der Waals surface area contributed by atoms with E-state index in [1.807, 2.05) is 0 Å². The number of unbranched alkanes of at least 4 members (excludes halogenated alkanes) is 3. The lowest BCUT2D eigenvalue weighted by Gasteiger charge is -1.86. The summed E-state index contributed by atoms with van der Waals surface area (Å²) in [5.74, 6) is 0. The summed E-state index contributed by atoms with van der Waals surface area (Å²) in [6, 6.07) is 0. The second kappa shape index (κ2) is 46.2. The Balaban J connectivity index is -0.0000000653. The first-order valence-corrected chi connectivity index (χ1v) is 6.51. The molecule has 0 aromatic carbocycles. The van der Waals surface area contributed by atoms with Gasteiger partial charge in [0.05, 0.1) is 0 Å². The summed E-state index contributed by atoms with van der Waals surface area (Å²) in [5, 5.41) is 17.7. The molecular weight excluding hydrogens is 202 g/mol. The molecule has 16 heavy (non-hydrogen) atoms. The Morgan fingerprint density at radius 3 is 1.06 bits per heavy atom. The van der Waals surface area contributed by atoms with Crippen molar-refractivity contribution in [1.29, 1.82) is 0 Å². The fraction of sp³-hybridized carbons (Fsp3) is 1.00. The molecule has 0 unspecified atom stereocenters. The van der Waals surface area contributed by atoms with Crippen LogP contribution < -0.4 is 5.32 Å². The van der Waals surface area contributed by atoms with Crippen molar-refractivity contribution in [2.75, 3.05) is 26.8 Å². The molecule has 0 spiro atoms. The lowest BCUT2D eigenvalue weighted by molar-refractivity contribution is 0.318. The van der Waals surface area contributed by atoms with Crippen LogP contribution in [0.5, 0.6) is 0 Å². The van der Waals surface area contributed by atoms with Crippen molar-refractivity contribution >= 4 is 0 Å². The predicted octanol–water partition coefficient (Wildman–Crippen LogP) is 2.81. The third-order valence-electron chi connectivity index (χ3n) is 1.46. The molecule has 0 aromatic rings. The second-order valence-corrected chi connectivity index (χ2v) is 2.98. The summed E-state index contributed by atoms with van der Waals surface area (Å²) < 4.78 is 0. The van der Waals surface area contributed by atoms with Gasteiger partial charge in [0.1, 0.15) is 0 Å². The van der Waals surface area contributed by atoms with Gasteiger partial charge in [0.15, 0.2) is 0 Å². The van der Waals surface area contributed by atoms with Crippen molar-refractivity contribution in [3.63, 3.8) is 0 Å². The highest BCUT2D eigenvalue weighted by Gasteiger charge is 1.75. The van der Waals surface area contributed by atoms with Crippen molar-refractivity contribution in [3.05, 3.63) is 0 Å². The maximum atomic E-state index is 7.57. The van der Waals surface area contributed by atoms with Crippen LogP contribution in [-0.4, -0.2) is 37.0 Å².